The first kappa shape index (κ1) is 18.0. The van der Waals surface area contributed by atoms with Crippen LogP contribution in [0.2, 0.25) is 0 Å². The van der Waals surface area contributed by atoms with Crippen molar-refractivity contribution in [3.8, 4) is 0 Å². The number of anilines is 1. The van der Waals surface area contributed by atoms with Crippen molar-refractivity contribution in [3.63, 3.8) is 0 Å². The van der Waals surface area contributed by atoms with Gasteiger partial charge in [0, 0.05) is 22.4 Å². The van der Waals surface area contributed by atoms with Gasteiger partial charge >= 0.3 is 0 Å². The topological polar surface area (TPSA) is 96.1 Å². The summed E-state index contributed by atoms with van der Waals surface area (Å²) in [5.41, 5.74) is 2.60. The van der Waals surface area contributed by atoms with E-state index in [9.17, 15) is 10.2 Å². The van der Waals surface area contributed by atoms with E-state index in [0.29, 0.717) is 30.2 Å². The highest BCUT2D eigenvalue weighted by Gasteiger charge is 2.34. The first-order chi connectivity index (χ1) is 12.6. The summed E-state index contributed by atoms with van der Waals surface area (Å²) in [5.74, 6) is 1.24. The maximum atomic E-state index is 10.1. The summed E-state index contributed by atoms with van der Waals surface area (Å²) in [7, 11) is 0. The fourth-order valence-electron chi connectivity index (χ4n) is 3.00. The highest BCUT2D eigenvalue weighted by atomic mass is 127. The number of imidazole rings is 1. The van der Waals surface area contributed by atoms with Gasteiger partial charge in [-0.05, 0) is 40.3 Å². The van der Waals surface area contributed by atoms with Gasteiger partial charge in [0.05, 0.1) is 23.8 Å². The number of aliphatic hydroxyl groups excluding tert-OH is 2. The van der Waals surface area contributed by atoms with Crippen LogP contribution in [-0.4, -0.2) is 52.9 Å². The Morgan fingerprint density at radius 3 is 2.92 bits per heavy atom. The van der Waals surface area contributed by atoms with Gasteiger partial charge in [-0.2, -0.15) is 11.8 Å². The second-order valence-corrected chi connectivity index (χ2v) is 8.72. The molecule has 136 valence electrons. The van der Waals surface area contributed by atoms with Gasteiger partial charge in [-0.3, -0.25) is 0 Å². The molecule has 0 bridgehead atoms. The number of aromatic nitrogens is 4. The Kier molecular flexibility index (Phi) is 5.30. The largest absolute Gasteiger partial charge is 0.390 e. The molecule has 1 aliphatic heterocycles. The molecule has 0 radical (unpaired) electrons. The molecule has 3 aromatic rings. The number of aliphatic hydroxyl groups is 2. The lowest BCUT2D eigenvalue weighted by Gasteiger charge is -2.16. The Hall–Kier alpha value is -1.43. The molecule has 9 heteroatoms. The number of hydrogen-bond acceptors (Lipinski definition) is 7. The van der Waals surface area contributed by atoms with Crippen LogP contribution in [-0.2, 0) is 13.1 Å². The van der Waals surface area contributed by atoms with Crippen molar-refractivity contribution in [1.29, 1.82) is 0 Å². The predicted molar refractivity (Wildman–Crippen MR) is 110 cm³/mol. The zero-order valence-electron chi connectivity index (χ0n) is 13.8. The zero-order valence-corrected chi connectivity index (χ0v) is 16.8. The first-order valence-corrected chi connectivity index (χ1v) is 10.4. The summed E-state index contributed by atoms with van der Waals surface area (Å²) in [4.78, 5) is 13.1. The predicted octanol–water partition coefficient (Wildman–Crippen LogP) is 1.88. The van der Waals surface area contributed by atoms with E-state index in [2.05, 4.69) is 61.1 Å². The van der Waals surface area contributed by atoms with Crippen LogP contribution in [0.3, 0.4) is 0 Å². The van der Waals surface area contributed by atoms with E-state index in [0.717, 1.165) is 5.65 Å². The van der Waals surface area contributed by atoms with Crippen LogP contribution in [0.5, 0.6) is 0 Å². The standard InChI is InChI=1S/C17H18IN5O2S/c18-11-3-1-2-10(4-11)5-19-16-14-17(21-8-20-16)23(9-22-14)6-13-15(25)12(24)7-26-13/h1-4,8-9,12-13,15,24-25H,5-7H2,(H,19,20,21)/t12-,13+,15-/m1/s1. The molecule has 2 aromatic heterocycles. The molecule has 7 nitrogen and oxygen atoms in total. The summed E-state index contributed by atoms with van der Waals surface area (Å²) in [6, 6.07) is 8.27. The van der Waals surface area contributed by atoms with Crippen LogP contribution in [0.25, 0.3) is 11.2 Å². The molecule has 3 N–H and O–H groups in total. The maximum absolute atomic E-state index is 10.1. The van der Waals surface area contributed by atoms with Crippen LogP contribution >= 0.6 is 34.4 Å². The number of rotatable bonds is 5. The molecular weight excluding hydrogens is 465 g/mol. The summed E-state index contributed by atoms with van der Waals surface area (Å²) < 4.78 is 3.10. The quantitative estimate of drug-likeness (QED) is 0.477. The van der Waals surface area contributed by atoms with Crippen molar-refractivity contribution < 1.29 is 10.2 Å². The monoisotopic (exact) mass is 483 g/mol. The number of nitrogens with one attached hydrogen (secondary N) is 1. The minimum atomic E-state index is -0.725. The minimum Gasteiger partial charge on any atom is -0.390 e. The third kappa shape index (κ3) is 3.66. The van der Waals surface area contributed by atoms with Gasteiger partial charge in [-0.1, -0.05) is 12.1 Å². The molecule has 26 heavy (non-hydrogen) atoms. The number of thioether (sulfide) groups is 1. The van der Waals surface area contributed by atoms with Crippen LogP contribution in [0.4, 0.5) is 5.82 Å². The molecule has 0 saturated carbocycles. The molecule has 1 fully saturated rings. The molecule has 1 aromatic carbocycles. The second-order valence-electron chi connectivity index (χ2n) is 6.20. The Balaban J connectivity index is 1.53. The normalized spacial score (nSPS) is 22.8. The SMILES string of the molecule is O[C@@H]1[C@H](O)CS[C@H]1Cn1cnc2c(NCc3cccc(I)c3)ncnc21. The maximum Gasteiger partial charge on any atom is 0.165 e. The van der Waals surface area contributed by atoms with E-state index < -0.39 is 12.2 Å². The van der Waals surface area contributed by atoms with Gasteiger partial charge in [-0.15, -0.1) is 0 Å². The molecule has 0 amide bonds. The molecule has 0 unspecified atom stereocenters. The highest BCUT2D eigenvalue weighted by Crippen LogP contribution is 2.29. The van der Waals surface area contributed by atoms with Crippen molar-refractivity contribution in [2.24, 2.45) is 0 Å². The summed E-state index contributed by atoms with van der Waals surface area (Å²) in [6.45, 7) is 1.20. The van der Waals surface area contributed by atoms with Crippen molar-refractivity contribution >= 4 is 51.3 Å². The molecule has 0 spiro atoms. The highest BCUT2D eigenvalue weighted by molar-refractivity contribution is 14.1. The van der Waals surface area contributed by atoms with E-state index in [1.54, 1.807) is 18.1 Å². The molecular formula is C17H18IN5O2S. The average molecular weight is 483 g/mol. The van der Waals surface area contributed by atoms with Crippen molar-refractivity contribution in [3.05, 3.63) is 46.1 Å². The van der Waals surface area contributed by atoms with Crippen LogP contribution in [0.1, 0.15) is 5.56 Å². The number of halogens is 1. The smallest absolute Gasteiger partial charge is 0.165 e. The fraction of sp³-hybridized carbons (Fsp3) is 0.353. The van der Waals surface area contributed by atoms with E-state index >= 15 is 0 Å². The van der Waals surface area contributed by atoms with Gasteiger partial charge in [0.1, 0.15) is 11.8 Å². The van der Waals surface area contributed by atoms with Crippen LogP contribution in [0, 0.1) is 3.57 Å². The van der Waals surface area contributed by atoms with Crippen LogP contribution in [0.15, 0.2) is 36.9 Å². The number of benzene rings is 1. The molecule has 3 heterocycles. The number of hydrogen-bond donors (Lipinski definition) is 3. The van der Waals surface area contributed by atoms with Crippen LogP contribution < -0.4 is 5.32 Å². The lowest BCUT2D eigenvalue weighted by molar-refractivity contribution is 0.0396. The lowest BCUT2D eigenvalue weighted by Crippen LogP contribution is -2.31. The molecule has 3 atom stereocenters. The van der Waals surface area contributed by atoms with E-state index in [-0.39, 0.29) is 5.25 Å². The fourth-order valence-corrected chi connectivity index (χ4v) is 4.89. The summed E-state index contributed by atoms with van der Waals surface area (Å²) in [6.07, 6.45) is 1.84. The lowest BCUT2D eigenvalue weighted by atomic mass is 10.1. The Morgan fingerprint density at radius 2 is 2.15 bits per heavy atom. The third-order valence-corrected chi connectivity index (χ3v) is 6.44. The second kappa shape index (κ2) is 7.67. The average Bonchev–Trinajstić information content (AvgIpc) is 3.19. The van der Waals surface area contributed by atoms with Gasteiger partial charge in [0.25, 0.3) is 0 Å². The van der Waals surface area contributed by atoms with Gasteiger partial charge < -0.3 is 20.1 Å². The summed E-state index contributed by atoms with van der Waals surface area (Å²) >= 11 is 3.86. The van der Waals surface area contributed by atoms with E-state index in [1.165, 1.54) is 15.5 Å². The number of fused-ring (bicyclic) bond motifs is 1. The Labute approximate surface area is 168 Å². The minimum absolute atomic E-state index is 0.0693. The molecule has 0 aliphatic carbocycles. The van der Waals surface area contributed by atoms with Crippen molar-refractivity contribution in [2.45, 2.75) is 30.5 Å². The zero-order chi connectivity index (χ0) is 18.1. The Bertz CT molecular complexity index is 921. The number of nitrogens with zero attached hydrogens (tertiary/aromatic N) is 4. The van der Waals surface area contributed by atoms with Gasteiger partial charge in [0.2, 0.25) is 0 Å². The first-order valence-electron chi connectivity index (χ1n) is 8.23. The van der Waals surface area contributed by atoms with Crippen molar-refractivity contribution in [2.75, 3.05) is 11.1 Å². The summed E-state index contributed by atoms with van der Waals surface area (Å²) in [5, 5.41) is 23.0. The molecule has 4 rings (SSSR count). The molecule has 1 saturated heterocycles. The van der Waals surface area contributed by atoms with E-state index in [4.69, 9.17) is 0 Å². The third-order valence-electron chi connectivity index (χ3n) is 4.38. The van der Waals surface area contributed by atoms with Crippen molar-refractivity contribution in [1.82, 2.24) is 19.5 Å². The molecule has 1 aliphatic rings. The van der Waals surface area contributed by atoms with Gasteiger partial charge in [0.15, 0.2) is 11.5 Å². The van der Waals surface area contributed by atoms with E-state index in [1.807, 2.05) is 10.6 Å². The Morgan fingerprint density at radius 1 is 1.27 bits per heavy atom. The van der Waals surface area contributed by atoms with Gasteiger partial charge in [-0.25, -0.2) is 15.0 Å².